The number of carbonyl (C=O) groups excluding carboxylic acids is 1. The van der Waals surface area contributed by atoms with Crippen LogP contribution in [-0.2, 0) is 4.79 Å². The van der Waals surface area contributed by atoms with Crippen LogP contribution in [0.25, 0.3) is 0 Å². The second-order valence-electron chi connectivity index (χ2n) is 2.13. The van der Waals surface area contributed by atoms with E-state index in [1.807, 2.05) is 18.4 Å². The Morgan fingerprint density at radius 3 is 2.80 bits per heavy atom. The Balaban J connectivity index is 2.67. The van der Waals surface area contributed by atoms with Crippen molar-refractivity contribution in [2.24, 2.45) is 0 Å². The Morgan fingerprint density at radius 2 is 2.40 bits per heavy atom. The van der Waals surface area contributed by atoms with Crippen LogP contribution in [0.15, 0.2) is 11.4 Å². The zero-order valence-electron chi connectivity index (χ0n) is 5.97. The van der Waals surface area contributed by atoms with Crippen molar-refractivity contribution >= 4 is 22.9 Å². The van der Waals surface area contributed by atoms with Gasteiger partial charge in [-0.05, 0) is 13.0 Å². The molecule has 0 aliphatic heterocycles. The summed E-state index contributed by atoms with van der Waals surface area (Å²) in [5.74, 6) is -0.0159. The van der Waals surface area contributed by atoms with Gasteiger partial charge in [-0.25, -0.2) is 0 Å². The summed E-state index contributed by atoms with van der Waals surface area (Å²) in [4.78, 5) is 11.7. The van der Waals surface area contributed by atoms with Crippen LogP contribution in [0.4, 0.5) is 5.69 Å². The topological polar surface area (TPSA) is 29.1 Å². The molecule has 10 heavy (non-hydrogen) atoms. The third-order valence-electron chi connectivity index (χ3n) is 1.05. The Hall–Kier alpha value is -0.830. The first-order valence-electron chi connectivity index (χ1n) is 3.01. The lowest BCUT2D eigenvalue weighted by molar-refractivity contribution is -0.114. The normalized spacial score (nSPS) is 9.40. The highest BCUT2D eigenvalue weighted by atomic mass is 32.1. The van der Waals surface area contributed by atoms with Crippen LogP contribution in [0.5, 0.6) is 0 Å². The number of aryl methyl sites for hydroxylation is 1. The van der Waals surface area contributed by atoms with Gasteiger partial charge >= 0.3 is 0 Å². The molecular weight excluding hydrogens is 146 g/mol. The average Bonchev–Trinajstić information content (AvgIpc) is 2.13. The fourth-order valence-electron chi connectivity index (χ4n) is 0.712. The van der Waals surface area contributed by atoms with Crippen LogP contribution < -0.4 is 5.32 Å². The van der Waals surface area contributed by atoms with Crippen molar-refractivity contribution in [2.45, 2.75) is 13.8 Å². The van der Waals surface area contributed by atoms with E-state index < -0.39 is 0 Å². The molecule has 2 nitrogen and oxygen atoms in total. The van der Waals surface area contributed by atoms with Gasteiger partial charge in [-0.1, -0.05) is 0 Å². The fraction of sp³-hybridized carbons (Fsp3) is 0.286. The smallest absolute Gasteiger partial charge is 0.221 e. The standard InChI is InChI=1S/C7H9NOS/c1-5-3-7(4-10-5)8-6(2)9/h3-4H,1-2H3,(H,8,9). The number of hydrogen-bond donors (Lipinski definition) is 1. The van der Waals surface area contributed by atoms with E-state index in [0.29, 0.717) is 0 Å². The number of amides is 1. The molecule has 1 rings (SSSR count). The molecule has 1 aromatic rings. The summed E-state index contributed by atoms with van der Waals surface area (Å²) in [6, 6.07) is 1.95. The van der Waals surface area contributed by atoms with Gasteiger partial charge in [-0.15, -0.1) is 11.3 Å². The summed E-state index contributed by atoms with van der Waals surface area (Å²) in [5.41, 5.74) is 0.898. The second kappa shape index (κ2) is 2.84. The van der Waals surface area contributed by atoms with Gasteiger partial charge in [0.15, 0.2) is 0 Å². The zero-order valence-corrected chi connectivity index (χ0v) is 6.79. The molecule has 0 bridgehead atoms. The molecule has 0 radical (unpaired) electrons. The van der Waals surface area contributed by atoms with Crippen molar-refractivity contribution in [2.75, 3.05) is 5.32 Å². The molecular formula is C7H9NOS. The highest BCUT2D eigenvalue weighted by molar-refractivity contribution is 7.10. The third kappa shape index (κ3) is 1.84. The van der Waals surface area contributed by atoms with Crippen molar-refractivity contribution in [3.05, 3.63) is 16.3 Å². The lowest BCUT2D eigenvalue weighted by Gasteiger charge is -1.93. The van der Waals surface area contributed by atoms with Gasteiger partial charge < -0.3 is 5.32 Å². The zero-order chi connectivity index (χ0) is 7.56. The van der Waals surface area contributed by atoms with Gasteiger partial charge in [-0.3, -0.25) is 4.79 Å². The molecule has 1 amide bonds. The lowest BCUT2D eigenvalue weighted by Crippen LogP contribution is -2.04. The summed E-state index contributed by atoms with van der Waals surface area (Å²) >= 11 is 1.63. The van der Waals surface area contributed by atoms with Crippen LogP contribution in [0.3, 0.4) is 0 Å². The number of anilines is 1. The Labute approximate surface area is 63.9 Å². The molecule has 1 aromatic heterocycles. The molecule has 1 N–H and O–H groups in total. The van der Waals surface area contributed by atoms with Crippen LogP contribution in [0.2, 0.25) is 0 Å². The van der Waals surface area contributed by atoms with Crippen molar-refractivity contribution in [1.82, 2.24) is 0 Å². The first kappa shape index (κ1) is 7.28. The van der Waals surface area contributed by atoms with E-state index in [4.69, 9.17) is 0 Å². The summed E-state index contributed by atoms with van der Waals surface area (Å²) in [6.07, 6.45) is 0. The van der Waals surface area contributed by atoms with Crippen LogP contribution in [0.1, 0.15) is 11.8 Å². The predicted octanol–water partition coefficient (Wildman–Crippen LogP) is 2.01. The van der Waals surface area contributed by atoms with E-state index in [9.17, 15) is 4.79 Å². The maximum absolute atomic E-state index is 10.5. The molecule has 0 fully saturated rings. The predicted molar refractivity (Wildman–Crippen MR) is 43.4 cm³/mol. The Bertz CT molecular complexity index is 242. The Kier molecular flexibility index (Phi) is 2.06. The maximum atomic E-state index is 10.5. The van der Waals surface area contributed by atoms with Gasteiger partial charge in [0.2, 0.25) is 5.91 Å². The van der Waals surface area contributed by atoms with Gasteiger partial charge in [0.05, 0.1) is 5.69 Å². The van der Waals surface area contributed by atoms with Gasteiger partial charge in [0.1, 0.15) is 0 Å². The van der Waals surface area contributed by atoms with Crippen molar-refractivity contribution in [1.29, 1.82) is 0 Å². The van der Waals surface area contributed by atoms with E-state index in [2.05, 4.69) is 5.32 Å². The average molecular weight is 155 g/mol. The van der Waals surface area contributed by atoms with Gasteiger partial charge in [0.25, 0.3) is 0 Å². The van der Waals surface area contributed by atoms with Crippen molar-refractivity contribution < 1.29 is 4.79 Å². The van der Waals surface area contributed by atoms with Gasteiger partial charge in [-0.2, -0.15) is 0 Å². The molecule has 3 heteroatoms. The quantitative estimate of drug-likeness (QED) is 0.660. The minimum Gasteiger partial charge on any atom is -0.326 e. The molecule has 0 atom stereocenters. The number of rotatable bonds is 1. The van der Waals surface area contributed by atoms with Crippen LogP contribution >= 0.6 is 11.3 Å². The number of nitrogens with one attached hydrogen (secondary N) is 1. The molecule has 0 saturated carbocycles. The SMILES string of the molecule is CC(=O)Nc1csc(C)c1. The maximum Gasteiger partial charge on any atom is 0.221 e. The number of carbonyl (C=O) groups is 1. The van der Waals surface area contributed by atoms with E-state index in [-0.39, 0.29) is 5.91 Å². The van der Waals surface area contributed by atoms with Gasteiger partial charge in [0, 0.05) is 17.2 Å². The highest BCUT2D eigenvalue weighted by Crippen LogP contribution is 2.17. The summed E-state index contributed by atoms with van der Waals surface area (Å²) in [6.45, 7) is 3.52. The third-order valence-corrected chi connectivity index (χ3v) is 1.91. The lowest BCUT2D eigenvalue weighted by atomic mass is 10.4. The minimum atomic E-state index is -0.0159. The van der Waals surface area contributed by atoms with E-state index in [1.54, 1.807) is 11.3 Å². The monoisotopic (exact) mass is 155 g/mol. The molecule has 0 aromatic carbocycles. The molecule has 0 saturated heterocycles. The number of hydrogen-bond acceptors (Lipinski definition) is 2. The number of thiophene rings is 1. The molecule has 1 heterocycles. The Morgan fingerprint density at radius 1 is 1.70 bits per heavy atom. The summed E-state index contributed by atoms with van der Waals surface area (Å²) in [5, 5.41) is 4.62. The second-order valence-corrected chi connectivity index (χ2v) is 3.24. The molecule has 0 aliphatic carbocycles. The van der Waals surface area contributed by atoms with Crippen LogP contribution in [0, 0.1) is 6.92 Å². The van der Waals surface area contributed by atoms with Crippen molar-refractivity contribution in [3.8, 4) is 0 Å². The van der Waals surface area contributed by atoms with Crippen LogP contribution in [-0.4, -0.2) is 5.91 Å². The minimum absolute atomic E-state index is 0.0159. The van der Waals surface area contributed by atoms with E-state index in [1.165, 1.54) is 11.8 Å². The van der Waals surface area contributed by atoms with E-state index in [0.717, 1.165) is 5.69 Å². The fourth-order valence-corrected chi connectivity index (χ4v) is 1.35. The largest absolute Gasteiger partial charge is 0.326 e. The molecule has 54 valence electrons. The highest BCUT2D eigenvalue weighted by Gasteiger charge is 1.95. The first-order chi connectivity index (χ1) is 4.68. The summed E-state index contributed by atoms with van der Waals surface area (Å²) < 4.78 is 0. The molecule has 0 spiro atoms. The first-order valence-corrected chi connectivity index (χ1v) is 3.89. The van der Waals surface area contributed by atoms with E-state index >= 15 is 0 Å². The van der Waals surface area contributed by atoms with Crippen molar-refractivity contribution in [3.63, 3.8) is 0 Å². The molecule has 0 unspecified atom stereocenters. The molecule has 0 aliphatic rings. The summed E-state index contributed by atoms with van der Waals surface area (Å²) in [7, 11) is 0.